The quantitative estimate of drug-likeness (QED) is 0.448. The van der Waals surface area contributed by atoms with Crippen molar-refractivity contribution >= 4 is 28.8 Å². The van der Waals surface area contributed by atoms with Gasteiger partial charge in [-0.3, -0.25) is 9.48 Å². The average molecular weight is 452 g/mol. The van der Waals surface area contributed by atoms with Gasteiger partial charge >= 0.3 is 0 Å². The minimum Gasteiger partial charge on any atom is -0.487 e. The Morgan fingerprint density at radius 2 is 2.16 bits per heavy atom. The summed E-state index contributed by atoms with van der Waals surface area (Å²) in [4.78, 5) is 15.5. The summed E-state index contributed by atoms with van der Waals surface area (Å²) in [5.74, 6) is -1.82. The van der Waals surface area contributed by atoms with Gasteiger partial charge in [0, 0.05) is 42.3 Å². The van der Waals surface area contributed by atoms with Gasteiger partial charge in [-0.05, 0) is 12.1 Å². The van der Waals surface area contributed by atoms with Crippen LogP contribution in [-0.4, -0.2) is 30.3 Å². The van der Waals surface area contributed by atoms with Gasteiger partial charge in [0.2, 0.25) is 0 Å². The molecule has 1 N–H and O–H groups in total. The van der Waals surface area contributed by atoms with Gasteiger partial charge in [0.1, 0.15) is 29.5 Å². The summed E-state index contributed by atoms with van der Waals surface area (Å²) in [6.07, 6.45) is 8.17. The fourth-order valence-corrected chi connectivity index (χ4v) is 3.23. The van der Waals surface area contributed by atoms with Crippen LogP contribution in [0.25, 0.3) is 16.6 Å². The van der Waals surface area contributed by atoms with E-state index < -0.39 is 11.7 Å². The maximum atomic E-state index is 13.0. The van der Waals surface area contributed by atoms with Gasteiger partial charge in [0.05, 0.1) is 17.4 Å². The van der Waals surface area contributed by atoms with Crippen molar-refractivity contribution in [2.45, 2.75) is 6.61 Å². The third-order valence-electron chi connectivity index (χ3n) is 4.57. The molecule has 9 nitrogen and oxygen atoms in total. The number of aromatic nitrogens is 5. The molecule has 0 bridgehead atoms. The summed E-state index contributed by atoms with van der Waals surface area (Å²) in [6, 6.07) is 5.48. The minimum atomic E-state index is -1.16. The van der Waals surface area contributed by atoms with E-state index in [1.54, 1.807) is 40.8 Å². The molecule has 0 radical (unpaired) electrons. The first-order chi connectivity index (χ1) is 15.4. The number of ether oxygens (including phenoxy) is 1. The normalized spacial score (nSPS) is 10.7. The Balaban J connectivity index is 1.69. The average Bonchev–Trinajstić information content (AvgIpc) is 3.39. The monoisotopic (exact) mass is 451 g/mol. The number of nitrogens with zero attached hydrogens (tertiary/aromatic N) is 6. The molecule has 4 rings (SSSR count). The number of fused-ring (bicyclic) bond motifs is 1. The van der Waals surface area contributed by atoms with E-state index in [0.29, 0.717) is 22.4 Å². The van der Waals surface area contributed by atoms with E-state index in [-0.39, 0.29) is 17.4 Å². The Morgan fingerprint density at radius 3 is 2.84 bits per heavy atom. The first-order valence-corrected chi connectivity index (χ1v) is 9.57. The number of carbonyl (C=O) groups excluding carboxylic acids is 1. The number of rotatable bonds is 6. The van der Waals surface area contributed by atoms with E-state index in [2.05, 4.69) is 33.1 Å². The number of amides is 1. The second kappa shape index (κ2) is 8.49. The number of hydrogen-bond donors (Lipinski definition) is 1. The van der Waals surface area contributed by atoms with Crippen LogP contribution in [0.5, 0.6) is 5.75 Å². The minimum absolute atomic E-state index is 0.0109. The van der Waals surface area contributed by atoms with Crippen molar-refractivity contribution in [1.29, 1.82) is 5.26 Å². The molecular formula is C21H15ClFN7O2. The number of aryl methyl sites for hydroxylation is 1. The van der Waals surface area contributed by atoms with E-state index >= 15 is 0 Å². The number of nitrogens with one attached hydrogen (secondary N) is 1. The molecule has 0 saturated carbocycles. The van der Waals surface area contributed by atoms with Crippen molar-refractivity contribution in [3.05, 3.63) is 71.7 Å². The SMILES string of the molecule is C=C(F)C(=O)Nc1nccc(COc2cc(-c3cnn(C)c3)cn3ncc(C#N)c23)c1Cl. The number of nitriles is 1. The van der Waals surface area contributed by atoms with Crippen LogP contribution in [-0.2, 0) is 18.4 Å². The van der Waals surface area contributed by atoms with E-state index in [1.807, 2.05) is 6.20 Å². The molecule has 0 fully saturated rings. The molecule has 0 aromatic carbocycles. The zero-order chi connectivity index (χ0) is 22.8. The zero-order valence-corrected chi connectivity index (χ0v) is 17.5. The number of hydrogen-bond acceptors (Lipinski definition) is 6. The van der Waals surface area contributed by atoms with Crippen LogP contribution in [0, 0.1) is 11.3 Å². The van der Waals surface area contributed by atoms with E-state index in [1.165, 1.54) is 12.4 Å². The highest BCUT2D eigenvalue weighted by Crippen LogP contribution is 2.31. The lowest BCUT2D eigenvalue weighted by Crippen LogP contribution is -2.13. The van der Waals surface area contributed by atoms with Crippen LogP contribution in [0.3, 0.4) is 0 Å². The summed E-state index contributed by atoms with van der Waals surface area (Å²) in [6.45, 7) is 2.93. The highest BCUT2D eigenvalue weighted by molar-refractivity contribution is 6.34. The van der Waals surface area contributed by atoms with Gasteiger partial charge in [-0.15, -0.1) is 0 Å². The number of anilines is 1. The first-order valence-electron chi connectivity index (χ1n) is 9.20. The van der Waals surface area contributed by atoms with Crippen LogP contribution in [0.1, 0.15) is 11.1 Å². The molecule has 0 aliphatic carbocycles. The fourth-order valence-electron chi connectivity index (χ4n) is 3.02. The van der Waals surface area contributed by atoms with Gasteiger partial charge < -0.3 is 10.1 Å². The highest BCUT2D eigenvalue weighted by atomic mass is 35.5. The smallest absolute Gasteiger partial charge is 0.284 e. The highest BCUT2D eigenvalue weighted by Gasteiger charge is 2.16. The van der Waals surface area contributed by atoms with Gasteiger partial charge in [-0.2, -0.15) is 15.5 Å². The van der Waals surface area contributed by atoms with Crippen LogP contribution in [0.15, 0.2) is 55.5 Å². The Kier molecular flexibility index (Phi) is 5.57. The molecule has 0 atom stereocenters. The Bertz CT molecular complexity index is 1400. The zero-order valence-electron chi connectivity index (χ0n) is 16.7. The number of halogens is 2. The molecule has 0 spiro atoms. The molecule has 0 aliphatic rings. The van der Waals surface area contributed by atoms with Crippen LogP contribution >= 0.6 is 11.6 Å². The summed E-state index contributed by atoms with van der Waals surface area (Å²) < 4.78 is 22.2. The maximum absolute atomic E-state index is 13.0. The molecule has 4 aromatic heterocycles. The summed E-state index contributed by atoms with van der Waals surface area (Å²) >= 11 is 6.32. The van der Waals surface area contributed by atoms with Crippen LogP contribution < -0.4 is 10.1 Å². The Labute approximate surface area is 186 Å². The Hall–Kier alpha value is -4.23. The number of carbonyl (C=O) groups is 1. The lowest BCUT2D eigenvalue weighted by atomic mass is 10.1. The summed E-state index contributed by atoms with van der Waals surface area (Å²) in [5.41, 5.74) is 2.94. The molecule has 0 aliphatic heterocycles. The molecule has 1 amide bonds. The Morgan fingerprint density at radius 1 is 1.34 bits per heavy atom. The maximum Gasteiger partial charge on any atom is 0.284 e. The van der Waals surface area contributed by atoms with Crippen molar-refractivity contribution in [1.82, 2.24) is 24.4 Å². The topological polar surface area (TPSA) is 110 Å². The van der Waals surface area contributed by atoms with Crippen molar-refractivity contribution in [3.8, 4) is 22.9 Å². The first kappa shape index (κ1) is 21.0. The molecule has 0 unspecified atom stereocenters. The standard InChI is InChI=1S/C21H15ClFN7O2/c1-12(23)21(31)28-20-18(22)13(3-4-25-20)11-32-17-5-14(16-8-26-29(2)9-16)10-30-19(17)15(6-24)7-27-30/h3-5,7-10H,1,11H2,2H3,(H,25,28,31). The van der Waals surface area contributed by atoms with Gasteiger partial charge in [0.15, 0.2) is 11.6 Å². The van der Waals surface area contributed by atoms with Crippen molar-refractivity contribution in [3.63, 3.8) is 0 Å². The molecule has 32 heavy (non-hydrogen) atoms. The predicted octanol–water partition coefficient (Wildman–Crippen LogP) is 3.66. The lowest BCUT2D eigenvalue weighted by molar-refractivity contribution is -0.114. The second-order valence-electron chi connectivity index (χ2n) is 6.74. The van der Waals surface area contributed by atoms with Crippen molar-refractivity contribution < 1.29 is 13.9 Å². The lowest BCUT2D eigenvalue weighted by Gasteiger charge is -2.13. The molecule has 160 valence electrons. The predicted molar refractivity (Wildman–Crippen MR) is 115 cm³/mol. The van der Waals surface area contributed by atoms with Crippen LogP contribution in [0.2, 0.25) is 5.02 Å². The molecule has 4 aromatic rings. The summed E-state index contributed by atoms with van der Waals surface area (Å²) in [7, 11) is 1.81. The van der Waals surface area contributed by atoms with E-state index in [9.17, 15) is 14.4 Å². The molecule has 11 heteroatoms. The van der Waals surface area contributed by atoms with E-state index in [4.69, 9.17) is 16.3 Å². The fraction of sp³-hybridized carbons (Fsp3) is 0.0952. The number of pyridine rings is 2. The van der Waals surface area contributed by atoms with Gasteiger partial charge in [-0.25, -0.2) is 13.9 Å². The third kappa shape index (κ3) is 4.01. The second-order valence-corrected chi connectivity index (χ2v) is 7.12. The van der Waals surface area contributed by atoms with E-state index in [0.717, 1.165) is 11.1 Å². The third-order valence-corrected chi connectivity index (χ3v) is 4.99. The van der Waals surface area contributed by atoms with Gasteiger partial charge in [-0.1, -0.05) is 18.2 Å². The summed E-state index contributed by atoms with van der Waals surface area (Å²) in [5, 5.41) is 20.2. The molecule has 0 saturated heterocycles. The van der Waals surface area contributed by atoms with Crippen molar-refractivity contribution in [2.24, 2.45) is 7.05 Å². The van der Waals surface area contributed by atoms with Gasteiger partial charge in [0.25, 0.3) is 5.91 Å². The van der Waals surface area contributed by atoms with Crippen molar-refractivity contribution in [2.75, 3.05) is 5.32 Å². The molecular weight excluding hydrogens is 437 g/mol. The van der Waals surface area contributed by atoms with Crippen LogP contribution in [0.4, 0.5) is 10.2 Å². The largest absolute Gasteiger partial charge is 0.487 e. The molecule has 4 heterocycles.